The van der Waals surface area contributed by atoms with Crippen LogP contribution in [0.1, 0.15) is 19.4 Å². The van der Waals surface area contributed by atoms with Gasteiger partial charge in [-0.05, 0) is 24.3 Å². The molecule has 0 radical (unpaired) electrons. The Morgan fingerprint density at radius 3 is 1.96 bits per heavy atom. The van der Waals surface area contributed by atoms with Crippen LogP contribution in [0.25, 0.3) is 0 Å². The minimum absolute atomic E-state index is 0.628. The summed E-state index contributed by atoms with van der Waals surface area (Å²) in [6.07, 6.45) is 0. The van der Waals surface area contributed by atoms with E-state index in [2.05, 4.69) is 5.32 Å². The van der Waals surface area contributed by atoms with Crippen molar-refractivity contribution in [2.24, 2.45) is 0 Å². The Labute approximate surface area is 144 Å². The first-order chi connectivity index (χ1) is 11.7. The van der Waals surface area contributed by atoms with Gasteiger partial charge in [0.25, 0.3) is 0 Å². The number of hydrogen-bond acceptors (Lipinski definition) is 5. The van der Waals surface area contributed by atoms with Crippen LogP contribution in [0.2, 0.25) is 0 Å². The van der Waals surface area contributed by atoms with Crippen LogP contribution < -0.4 is 24.3 Å². The van der Waals surface area contributed by atoms with Gasteiger partial charge in [-0.3, -0.25) is 0 Å². The van der Waals surface area contributed by atoms with Gasteiger partial charge in [-0.15, -0.1) is 0 Å². The van der Waals surface area contributed by atoms with Gasteiger partial charge in [0.15, 0.2) is 11.5 Å². The van der Waals surface area contributed by atoms with Gasteiger partial charge in [0, 0.05) is 29.9 Å². The van der Waals surface area contributed by atoms with Crippen molar-refractivity contribution >= 4 is 5.69 Å². The second-order valence-electron chi connectivity index (χ2n) is 4.60. The van der Waals surface area contributed by atoms with Crippen LogP contribution in [-0.4, -0.2) is 28.4 Å². The van der Waals surface area contributed by atoms with Gasteiger partial charge in [0.2, 0.25) is 0 Å². The number of anilines is 1. The minimum Gasteiger partial charge on any atom is -0.497 e. The topological polar surface area (TPSA) is 49.0 Å². The largest absolute Gasteiger partial charge is 0.497 e. The number of benzene rings is 2. The van der Waals surface area contributed by atoms with Gasteiger partial charge >= 0.3 is 0 Å². The van der Waals surface area contributed by atoms with Gasteiger partial charge in [-0.2, -0.15) is 0 Å². The predicted octanol–water partition coefficient (Wildman–Crippen LogP) is 4.36. The maximum atomic E-state index is 5.39. The van der Waals surface area contributed by atoms with Crippen LogP contribution in [0.4, 0.5) is 5.69 Å². The molecule has 132 valence electrons. The van der Waals surface area contributed by atoms with Crippen LogP contribution in [0, 0.1) is 0 Å². The fourth-order valence-electron chi connectivity index (χ4n) is 2.14. The molecule has 0 unspecified atom stereocenters. The average Bonchev–Trinajstić information content (AvgIpc) is 2.67. The maximum absolute atomic E-state index is 5.39. The number of methoxy groups -OCH3 is 4. The molecule has 0 aliphatic heterocycles. The first-order valence-electron chi connectivity index (χ1n) is 7.88. The molecule has 2 aromatic carbocycles. The van der Waals surface area contributed by atoms with Gasteiger partial charge in [0.1, 0.15) is 11.5 Å². The first-order valence-corrected chi connectivity index (χ1v) is 7.88. The Hall–Kier alpha value is -2.56. The highest BCUT2D eigenvalue weighted by Gasteiger charge is 2.07. The second-order valence-corrected chi connectivity index (χ2v) is 4.60. The van der Waals surface area contributed by atoms with Crippen molar-refractivity contribution in [1.82, 2.24) is 0 Å². The van der Waals surface area contributed by atoms with Gasteiger partial charge in [-0.1, -0.05) is 13.8 Å². The predicted molar refractivity (Wildman–Crippen MR) is 97.8 cm³/mol. The van der Waals surface area contributed by atoms with Crippen molar-refractivity contribution < 1.29 is 18.9 Å². The van der Waals surface area contributed by atoms with Crippen molar-refractivity contribution in [3.8, 4) is 23.0 Å². The lowest BCUT2D eigenvalue weighted by molar-refractivity contribution is 0.355. The highest BCUT2D eigenvalue weighted by Crippen LogP contribution is 2.31. The molecular weight excluding hydrogens is 306 g/mol. The molecule has 24 heavy (non-hydrogen) atoms. The third-order valence-corrected chi connectivity index (χ3v) is 3.36. The van der Waals surface area contributed by atoms with E-state index in [-0.39, 0.29) is 0 Å². The lowest BCUT2D eigenvalue weighted by atomic mass is 10.2. The molecule has 5 nitrogen and oxygen atoms in total. The molecule has 0 heterocycles. The highest BCUT2D eigenvalue weighted by molar-refractivity contribution is 5.55. The lowest BCUT2D eigenvalue weighted by Crippen LogP contribution is -2.02. The van der Waals surface area contributed by atoms with E-state index >= 15 is 0 Å². The lowest BCUT2D eigenvalue weighted by Gasteiger charge is -2.13. The molecule has 0 aliphatic carbocycles. The van der Waals surface area contributed by atoms with Gasteiger partial charge in [0.05, 0.1) is 28.4 Å². The van der Waals surface area contributed by atoms with Crippen LogP contribution in [0.3, 0.4) is 0 Å². The Balaban J connectivity index is 0.00000139. The zero-order chi connectivity index (χ0) is 17.9. The van der Waals surface area contributed by atoms with Gasteiger partial charge in [-0.25, -0.2) is 0 Å². The summed E-state index contributed by atoms with van der Waals surface area (Å²) in [7, 11) is 6.52. The summed E-state index contributed by atoms with van der Waals surface area (Å²) in [5, 5.41) is 3.34. The molecule has 2 rings (SSSR count). The summed E-state index contributed by atoms with van der Waals surface area (Å²) in [6, 6.07) is 11.5. The molecular formula is C19H27NO4. The van der Waals surface area contributed by atoms with E-state index in [1.165, 1.54) is 0 Å². The number of ether oxygens (including phenoxy) is 4. The van der Waals surface area contributed by atoms with E-state index in [9.17, 15) is 0 Å². The SMILES string of the molecule is CC.COc1ccc(CNc2ccc(OC)c(OC)c2)c(OC)c1. The molecule has 2 aromatic rings. The van der Waals surface area contributed by atoms with E-state index in [4.69, 9.17) is 18.9 Å². The molecule has 0 atom stereocenters. The molecule has 0 aromatic heterocycles. The van der Waals surface area contributed by atoms with Crippen molar-refractivity contribution in [3.63, 3.8) is 0 Å². The van der Waals surface area contributed by atoms with Crippen LogP contribution in [0.5, 0.6) is 23.0 Å². The summed E-state index contributed by atoms with van der Waals surface area (Å²) in [6.45, 7) is 4.63. The minimum atomic E-state index is 0.628. The van der Waals surface area contributed by atoms with E-state index in [0.717, 1.165) is 22.7 Å². The van der Waals surface area contributed by atoms with Crippen LogP contribution in [-0.2, 0) is 6.54 Å². The van der Waals surface area contributed by atoms with E-state index < -0.39 is 0 Å². The standard InChI is InChI=1S/C17H21NO4.C2H6/c1-19-14-7-5-12(16(10-14)21-3)11-18-13-6-8-15(20-2)17(9-13)22-4;1-2/h5-10,18H,11H2,1-4H3;1-2H3. The van der Waals surface area contributed by atoms with Gasteiger partial charge < -0.3 is 24.3 Å². The molecule has 0 aliphatic rings. The van der Waals surface area contributed by atoms with Crippen molar-refractivity contribution in [2.45, 2.75) is 20.4 Å². The molecule has 0 bridgehead atoms. The molecule has 0 spiro atoms. The summed E-state index contributed by atoms with van der Waals surface area (Å²) >= 11 is 0. The van der Waals surface area contributed by atoms with Crippen molar-refractivity contribution in [2.75, 3.05) is 33.8 Å². The molecule has 0 amide bonds. The van der Waals surface area contributed by atoms with Crippen LogP contribution >= 0.6 is 0 Å². The van der Waals surface area contributed by atoms with E-state index in [0.29, 0.717) is 18.0 Å². The summed E-state index contributed by atoms with van der Waals surface area (Å²) in [4.78, 5) is 0. The van der Waals surface area contributed by atoms with E-state index in [1.807, 2.05) is 50.2 Å². The summed E-state index contributed by atoms with van der Waals surface area (Å²) in [5.41, 5.74) is 1.98. The fraction of sp³-hybridized carbons (Fsp3) is 0.368. The fourth-order valence-corrected chi connectivity index (χ4v) is 2.14. The average molecular weight is 333 g/mol. The normalized spacial score (nSPS) is 9.42. The second kappa shape index (κ2) is 10.3. The van der Waals surface area contributed by atoms with Crippen LogP contribution in [0.15, 0.2) is 36.4 Å². The summed E-state index contributed by atoms with van der Waals surface area (Å²) < 4.78 is 21.1. The number of hydrogen-bond donors (Lipinski definition) is 1. The van der Waals surface area contributed by atoms with Crippen molar-refractivity contribution in [3.05, 3.63) is 42.0 Å². The monoisotopic (exact) mass is 333 g/mol. The zero-order valence-electron chi connectivity index (χ0n) is 15.3. The molecule has 5 heteroatoms. The first kappa shape index (κ1) is 19.5. The third-order valence-electron chi connectivity index (χ3n) is 3.36. The third kappa shape index (κ3) is 4.98. The Morgan fingerprint density at radius 1 is 0.708 bits per heavy atom. The quantitative estimate of drug-likeness (QED) is 0.816. The molecule has 0 saturated carbocycles. The number of rotatable bonds is 7. The maximum Gasteiger partial charge on any atom is 0.162 e. The number of nitrogens with one attached hydrogen (secondary N) is 1. The Morgan fingerprint density at radius 2 is 1.38 bits per heavy atom. The Bertz CT molecular complexity index is 629. The molecule has 0 saturated heterocycles. The Kier molecular flexibility index (Phi) is 8.33. The highest BCUT2D eigenvalue weighted by atomic mass is 16.5. The molecule has 1 N–H and O–H groups in total. The zero-order valence-corrected chi connectivity index (χ0v) is 15.3. The summed E-state index contributed by atoms with van der Waals surface area (Å²) in [5.74, 6) is 2.95. The van der Waals surface area contributed by atoms with Crippen molar-refractivity contribution in [1.29, 1.82) is 0 Å². The molecule has 0 fully saturated rings. The smallest absolute Gasteiger partial charge is 0.162 e. The van der Waals surface area contributed by atoms with E-state index in [1.54, 1.807) is 28.4 Å².